The summed E-state index contributed by atoms with van der Waals surface area (Å²) in [5.41, 5.74) is 1.11. The lowest BCUT2D eigenvalue weighted by Gasteiger charge is -2.22. The molecule has 1 N–H and O–H groups in total. The zero-order valence-electron chi connectivity index (χ0n) is 14.4. The van der Waals surface area contributed by atoms with Gasteiger partial charge in [0.15, 0.2) is 5.75 Å². The third-order valence-corrected chi connectivity index (χ3v) is 4.54. The van der Waals surface area contributed by atoms with Crippen molar-refractivity contribution < 1.29 is 14.8 Å². The molecule has 0 radical (unpaired) electrons. The van der Waals surface area contributed by atoms with Crippen molar-refractivity contribution in [3.8, 4) is 5.75 Å². The number of nitro groups is 1. The van der Waals surface area contributed by atoms with Crippen molar-refractivity contribution >= 4 is 11.6 Å². The van der Waals surface area contributed by atoms with Crippen LogP contribution in [0, 0.1) is 10.1 Å². The molecule has 1 amide bonds. The highest BCUT2D eigenvalue weighted by Gasteiger charge is 2.22. The number of carbonyl (C=O) groups is 1. The fourth-order valence-electron chi connectivity index (χ4n) is 3.17. The first-order chi connectivity index (χ1) is 12.5. The maximum Gasteiger partial charge on any atom is 0.310 e. The molecule has 0 aromatic heterocycles. The van der Waals surface area contributed by atoms with Crippen LogP contribution < -0.4 is 0 Å². The van der Waals surface area contributed by atoms with E-state index in [1.54, 1.807) is 4.90 Å². The minimum atomic E-state index is -0.670. The number of hydrogen-bond donors (Lipinski definition) is 1. The van der Waals surface area contributed by atoms with Gasteiger partial charge in [-0.3, -0.25) is 19.8 Å². The molecular weight excluding hydrogens is 334 g/mol. The van der Waals surface area contributed by atoms with Gasteiger partial charge in [0.05, 0.1) is 4.92 Å². The molecule has 0 spiro atoms. The smallest absolute Gasteiger partial charge is 0.310 e. The van der Waals surface area contributed by atoms with Crippen LogP contribution in [0.15, 0.2) is 48.5 Å². The van der Waals surface area contributed by atoms with Crippen LogP contribution in [-0.4, -0.2) is 51.9 Å². The van der Waals surface area contributed by atoms with Crippen molar-refractivity contribution in [2.24, 2.45) is 0 Å². The Morgan fingerprint density at radius 3 is 2.54 bits per heavy atom. The number of benzene rings is 2. The number of nitrogens with zero attached hydrogens (tertiary/aromatic N) is 3. The fourth-order valence-corrected chi connectivity index (χ4v) is 3.17. The average molecular weight is 355 g/mol. The van der Waals surface area contributed by atoms with Gasteiger partial charge in [0.1, 0.15) is 0 Å². The van der Waals surface area contributed by atoms with E-state index in [2.05, 4.69) is 17.0 Å². The zero-order chi connectivity index (χ0) is 18.5. The number of phenolic OH excluding ortho intramolecular Hbond substituents is 1. The largest absolute Gasteiger partial charge is 0.502 e. The van der Waals surface area contributed by atoms with Gasteiger partial charge in [0.2, 0.25) is 0 Å². The third-order valence-electron chi connectivity index (χ3n) is 4.54. The molecule has 1 heterocycles. The van der Waals surface area contributed by atoms with Gasteiger partial charge in [-0.1, -0.05) is 30.3 Å². The van der Waals surface area contributed by atoms with Crippen LogP contribution in [0.1, 0.15) is 22.3 Å². The molecule has 3 rings (SSSR count). The summed E-state index contributed by atoms with van der Waals surface area (Å²) in [6.45, 7) is 3.73. The summed E-state index contributed by atoms with van der Waals surface area (Å²) >= 11 is 0. The number of rotatable bonds is 4. The number of nitro benzene ring substituents is 1. The van der Waals surface area contributed by atoms with Crippen LogP contribution in [0.5, 0.6) is 5.75 Å². The van der Waals surface area contributed by atoms with E-state index >= 15 is 0 Å². The predicted octanol–water partition coefficient (Wildman–Crippen LogP) is 2.65. The van der Waals surface area contributed by atoms with Crippen molar-refractivity contribution in [2.45, 2.75) is 13.0 Å². The number of phenols is 1. The minimum Gasteiger partial charge on any atom is -0.502 e. The summed E-state index contributed by atoms with van der Waals surface area (Å²) in [6, 6.07) is 13.9. The molecule has 0 atom stereocenters. The number of carbonyl (C=O) groups excluding carboxylic acids is 1. The number of hydrogen-bond acceptors (Lipinski definition) is 5. The van der Waals surface area contributed by atoms with Crippen LogP contribution in [0.3, 0.4) is 0 Å². The van der Waals surface area contributed by atoms with Crippen LogP contribution >= 0.6 is 0 Å². The second kappa shape index (κ2) is 7.97. The maximum absolute atomic E-state index is 12.7. The van der Waals surface area contributed by atoms with Gasteiger partial charge in [0.25, 0.3) is 5.91 Å². The van der Waals surface area contributed by atoms with Gasteiger partial charge in [-0.2, -0.15) is 0 Å². The molecule has 7 nitrogen and oxygen atoms in total. The second-order valence-electron chi connectivity index (χ2n) is 6.37. The average Bonchev–Trinajstić information content (AvgIpc) is 2.87. The Morgan fingerprint density at radius 2 is 1.85 bits per heavy atom. The summed E-state index contributed by atoms with van der Waals surface area (Å²) in [6.07, 6.45) is 0.859. The number of amides is 1. The lowest BCUT2D eigenvalue weighted by molar-refractivity contribution is -0.385. The first-order valence-electron chi connectivity index (χ1n) is 8.57. The molecule has 0 saturated carbocycles. The molecule has 0 bridgehead atoms. The Hall–Kier alpha value is -2.93. The summed E-state index contributed by atoms with van der Waals surface area (Å²) < 4.78 is 0. The lowest BCUT2D eigenvalue weighted by atomic mass is 10.1. The normalized spacial score (nSPS) is 15.5. The van der Waals surface area contributed by atoms with Crippen molar-refractivity contribution in [3.63, 3.8) is 0 Å². The summed E-state index contributed by atoms with van der Waals surface area (Å²) in [7, 11) is 0. The standard InChI is InChI=1S/C19H21N3O4/c23-18-13-16(7-8-17(18)22(25)26)19(24)21-10-4-9-20(11-12-21)14-15-5-2-1-3-6-15/h1-3,5-8,13,23H,4,9-12,14H2. The molecule has 1 fully saturated rings. The molecule has 7 heteroatoms. The van der Waals surface area contributed by atoms with E-state index in [9.17, 15) is 20.0 Å². The van der Waals surface area contributed by atoms with Gasteiger partial charge < -0.3 is 10.0 Å². The van der Waals surface area contributed by atoms with Crippen molar-refractivity contribution in [2.75, 3.05) is 26.2 Å². The Kier molecular flexibility index (Phi) is 5.48. The van der Waals surface area contributed by atoms with Gasteiger partial charge in [-0.25, -0.2) is 0 Å². The van der Waals surface area contributed by atoms with E-state index in [4.69, 9.17) is 0 Å². The molecule has 2 aromatic carbocycles. The van der Waals surface area contributed by atoms with Gasteiger partial charge in [-0.05, 0) is 24.1 Å². The van der Waals surface area contributed by atoms with E-state index in [-0.39, 0.29) is 11.5 Å². The zero-order valence-corrected chi connectivity index (χ0v) is 14.4. The van der Waals surface area contributed by atoms with Crippen LogP contribution in [0.25, 0.3) is 0 Å². The van der Waals surface area contributed by atoms with E-state index in [1.807, 2.05) is 18.2 Å². The fraction of sp³-hybridized carbons (Fsp3) is 0.316. The van der Waals surface area contributed by atoms with Gasteiger partial charge in [0, 0.05) is 44.4 Å². The highest BCUT2D eigenvalue weighted by atomic mass is 16.6. The van der Waals surface area contributed by atoms with Gasteiger partial charge >= 0.3 is 5.69 Å². The molecular formula is C19H21N3O4. The molecule has 0 aliphatic carbocycles. The Balaban J connectivity index is 1.64. The first-order valence-corrected chi connectivity index (χ1v) is 8.57. The summed E-state index contributed by atoms with van der Waals surface area (Å²) in [5.74, 6) is -0.696. The number of aromatic hydroxyl groups is 1. The van der Waals surface area contributed by atoms with Gasteiger partial charge in [-0.15, -0.1) is 0 Å². The monoisotopic (exact) mass is 355 g/mol. The summed E-state index contributed by atoms with van der Waals surface area (Å²) in [5, 5.41) is 20.5. The molecule has 26 heavy (non-hydrogen) atoms. The maximum atomic E-state index is 12.7. The molecule has 1 aliphatic rings. The second-order valence-corrected chi connectivity index (χ2v) is 6.37. The van der Waals surface area contributed by atoms with Crippen LogP contribution in [-0.2, 0) is 6.54 Å². The summed E-state index contributed by atoms with van der Waals surface area (Å²) in [4.78, 5) is 26.8. The molecule has 1 aliphatic heterocycles. The van der Waals surface area contributed by atoms with Crippen molar-refractivity contribution in [3.05, 3.63) is 69.8 Å². The van der Waals surface area contributed by atoms with E-state index in [0.29, 0.717) is 13.1 Å². The van der Waals surface area contributed by atoms with Crippen molar-refractivity contribution in [1.29, 1.82) is 0 Å². The lowest BCUT2D eigenvalue weighted by Crippen LogP contribution is -2.35. The Bertz CT molecular complexity index is 795. The van der Waals surface area contributed by atoms with Crippen LogP contribution in [0.4, 0.5) is 5.69 Å². The van der Waals surface area contributed by atoms with E-state index in [1.165, 1.54) is 23.8 Å². The molecule has 0 unspecified atom stereocenters. The van der Waals surface area contributed by atoms with E-state index < -0.39 is 16.4 Å². The van der Waals surface area contributed by atoms with Crippen molar-refractivity contribution in [1.82, 2.24) is 9.80 Å². The third kappa shape index (κ3) is 4.18. The molecule has 1 saturated heterocycles. The quantitative estimate of drug-likeness (QED) is 0.673. The highest BCUT2D eigenvalue weighted by molar-refractivity contribution is 5.95. The highest BCUT2D eigenvalue weighted by Crippen LogP contribution is 2.27. The molecule has 2 aromatic rings. The van der Waals surface area contributed by atoms with E-state index in [0.717, 1.165) is 26.1 Å². The predicted molar refractivity (Wildman–Crippen MR) is 97.0 cm³/mol. The first kappa shape index (κ1) is 17.9. The molecule has 136 valence electrons. The Morgan fingerprint density at radius 1 is 1.08 bits per heavy atom. The SMILES string of the molecule is O=C(c1ccc([N+](=O)[O-])c(O)c1)N1CCCN(Cc2ccccc2)CC1. The Labute approximate surface area is 151 Å². The minimum absolute atomic E-state index is 0.211. The topological polar surface area (TPSA) is 86.9 Å². The van der Waals surface area contributed by atoms with Crippen LogP contribution in [0.2, 0.25) is 0 Å².